The van der Waals surface area contributed by atoms with Crippen molar-refractivity contribution in [2.75, 3.05) is 20.6 Å². The summed E-state index contributed by atoms with van der Waals surface area (Å²) in [5, 5.41) is 4.35. The molecule has 0 spiro atoms. The summed E-state index contributed by atoms with van der Waals surface area (Å²) in [5.74, 6) is -0.0128. The molecule has 1 atom stereocenters. The lowest BCUT2D eigenvalue weighted by Gasteiger charge is -2.25. The first-order valence-corrected chi connectivity index (χ1v) is 8.14. The molecule has 0 saturated carbocycles. The lowest BCUT2D eigenvalue weighted by molar-refractivity contribution is -0.120. The van der Waals surface area contributed by atoms with Gasteiger partial charge in [0.15, 0.2) is 0 Å². The fourth-order valence-electron chi connectivity index (χ4n) is 2.37. The van der Waals surface area contributed by atoms with Gasteiger partial charge in [0.05, 0.1) is 12.5 Å². The molecular weight excluding hydrogens is 331 g/mol. The summed E-state index contributed by atoms with van der Waals surface area (Å²) in [6.45, 7) is 0.528. The molecule has 0 bridgehead atoms. The van der Waals surface area contributed by atoms with Gasteiger partial charge in [0.2, 0.25) is 5.91 Å². The molecule has 0 heterocycles. The Hall–Kier alpha value is -1.55. The van der Waals surface area contributed by atoms with E-state index >= 15 is 0 Å². The molecule has 0 aliphatic carbocycles. The Morgan fingerprint density at radius 2 is 1.78 bits per heavy atom. The first-order chi connectivity index (χ1) is 11.0. The number of amides is 1. The summed E-state index contributed by atoms with van der Waals surface area (Å²) < 4.78 is 0. The maximum atomic E-state index is 12.1. The second kappa shape index (κ2) is 8.34. The van der Waals surface area contributed by atoms with Crippen LogP contribution < -0.4 is 5.32 Å². The van der Waals surface area contributed by atoms with Crippen LogP contribution in [0.3, 0.4) is 0 Å². The fourth-order valence-corrected chi connectivity index (χ4v) is 2.70. The van der Waals surface area contributed by atoms with E-state index in [9.17, 15) is 4.79 Å². The SMILES string of the molecule is CN(C)C(CNC(=O)Cc1ccc(Cl)cc1)c1cccc(Cl)c1. The zero-order valence-corrected chi connectivity index (χ0v) is 14.7. The Balaban J connectivity index is 1.96. The van der Waals surface area contributed by atoms with Gasteiger partial charge in [-0.05, 0) is 49.5 Å². The molecule has 0 aliphatic rings. The normalized spacial score (nSPS) is 12.2. The van der Waals surface area contributed by atoms with Gasteiger partial charge in [0.1, 0.15) is 0 Å². The van der Waals surface area contributed by atoms with Crippen LogP contribution in [0.4, 0.5) is 0 Å². The largest absolute Gasteiger partial charge is 0.354 e. The van der Waals surface area contributed by atoms with E-state index in [0.717, 1.165) is 11.1 Å². The van der Waals surface area contributed by atoms with E-state index in [-0.39, 0.29) is 11.9 Å². The van der Waals surface area contributed by atoms with E-state index in [4.69, 9.17) is 23.2 Å². The molecule has 23 heavy (non-hydrogen) atoms. The summed E-state index contributed by atoms with van der Waals surface area (Å²) in [4.78, 5) is 14.2. The maximum absolute atomic E-state index is 12.1. The van der Waals surface area contributed by atoms with Gasteiger partial charge >= 0.3 is 0 Å². The molecule has 2 aromatic rings. The molecule has 2 rings (SSSR count). The van der Waals surface area contributed by atoms with Crippen LogP contribution in [0.5, 0.6) is 0 Å². The van der Waals surface area contributed by atoms with Crippen LogP contribution in [0.25, 0.3) is 0 Å². The van der Waals surface area contributed by atoms with Gasteiger partial charge in [-0.1, -0.05) is 47.5 Å². The summed E-state index contributed by atoms with van der Waals surface area (Å²) in [5.41, 5.74) is 2.02. The smallest absolute Gasteiger partial charge is 0.224 e. The van der Waals surface area contributed by atoms with Crippen LogP contribution in [0, 0.1) is 0 Å². The fraction of sp³-hybridized carbons (Fsp3) is 0.278. The van der Waals surface area contributed by atoms with Crippen molar-refractivity contribution in [3.63, 3.8) is 0 Å². The van der Waals surface area contributed by atoms with Gasteiger partial charge in [-0.15, -0.1) is 0 Å². The molecule has 1 amide bonds. The molecule has 0 radical (unpaired) electrons. The number of hydrogen-bond donors (Lipinski definition) is 1. The van der Waals surface area contributed by atoms with Crippen molar-refractivity contribution in [3.05, 3.63) is 69.7 Å². The van der Waals surface area contributed by atoms with Gasteiger partial charge in [0.25, 0.3) is 0 Å². The van der Waals surface area contributed by atoms with Crippen molar-refractivity contribution in [2.45, 2.75) is 12.5 Å². The standard InChI is InChI=1S/C18H20Cl2N2O/c1-22(2)17(14-4-3-5-16(20)11-14)12-21-18(23)10-13-6-8-15(19)9-7-13/h3-9,11,17H,10,12H2,1-2H3,(H,21,23). The van der Waals surface area contributed by atoms with E-state index < -0.39 is 0 Å². The Labute approximate surface area is 147 Å². The summed E-state index contributed by atoms with van der Waals surface area (Å²) in [6, 6.07) is 15.1. The lowest BCUT2D eigenvalue weighted by Crippen LogP contribution is -2.35. The summed E-state index contributed by atoms with van der Waals surface area (Å²) in [6.07, 6.45) is 0.340. The quantitative estimate of drug-likeness (QED) is 0.855. The molecule has 1 unspecified atom stereocenters. The summed E-state index contributed by atoms with van der Waals surface area (Å²) in [7, 11) is 3.97. The van der Waals surface area contributed by atoms with Crippen molar-refractivity contribution in [1.29, 1.82) is 0 Å². The minimum Gasteiger partial charge on any atom is -0.354 e. The monoisotopic (exact) mass is 350 g/mol. The highest BCUT2D eigenvalue weighted by molar-refractivity contribution is 6.30. The minimum absolute atomic E-state index is 0.0128. The first kappa shape index (κ1) is 17.8. The van der Waals surface area contributed by atoms with Gasteiger partial charge in [-0.3, -0.25) is 4.79 Å². The third kappa shape index (κ3) is 5.54. The second-order valence-electron chi connectivity index (χ2n) is 5.64. The Morgan fingerprint density at radius 1 is 1.09 bits per heavy atom. The number of carbonyl (C=O) groups is 1. The Morgan fingerprint density at radius 3 is 2.39 bits per heavy atom. The van der Waals surface area contributed by atoms with Crippen molar-refractivity contribution in [1.82, 2.24) is 10.2 Å². The number of benzene rings is 2. The number of likely N-dealkylation sites (N-methyl/N-ethyl adjacent to an activating group) is 1. The predicted molar refractivity (Wildman–Crippen MR) is 96.0 cm³/mol. The van der Waals surface area contributed by atoms with Crippen molar-refractivity contribution < 1.29 is 4.79 Å². The molecule has 5 heteroatoms. The molecule has 3 nitrogen and oxygen atoms in total. The van der Waals surface area contributed by atoms with Crippen LogP contribution in [0.2, 0.25) is 10.0 Å². The average molecular weight is 351 g/mol. The molecular formula is C18H20Cl2N2O. The van der Waals surface area contributed by atoms with Gasteiger partial charge in [-0.25, -0.2) is 0 Å². The minimum atomic E-state index is -0.0128. The number of rotatable bonds is 6. The highest BCUT2D eigenvalue weighted by Crippen LogP contribution is 2.21. The van der Waals surface area contributed by atoms with Crippen LogP contribution in [-0.2, 0) is 11.2 Å². The zero-order valence-electron chi connectivity index (χ0n) is 13.2. The topological polar surface area (TPSA) is 32.3 Å². The zero-order chi connectivity index (χ0) is 16.8. The molecule has 2 aromatic carbocycles. The summed E-state index contributed by atoms with van der Waals surface area (Å²) >= 11 is 11.9. The number of hydrogen-bond acceptors (Lipinski definition) is 2. The first-order valence-electron chi connectivity index (χ1n) is 7.39. The van der Waals surface area contributed by atoms with Crippen molar-refractivity contribution >= 4 is 29.1 Å². The van der Waals surface area contributed by atoms with Crippen LogP contribution in [0.15, 0.2) is 48.5 Å². The van der Waals surface area contributed by atoms with Gasteiger partial charge in [-0.2, -0.15) is 0 Å². The van der Waals surface area contributed by atoms with E-state index in [2.05, 4.69) is 10.2 Å². The Bertz CT molecular complexity index is 656. The van der Waals surface area contributed by atoms with Crippen LogP contribution >= 0.6 is 23.2 Å². The average Bonchev–Trinajstić information content (AvgIpc) is 2.49. The van der Waals surface area contributed by atoms with E-state index in [1.807, 2.05) is 50.5 Å². The van der Waals surface area contributed by atoms with E-state index in [0.29, 0.717) is 23.0 Å². The van der Waals surface area contributed by atoms with E-state index in [1.54, 1.807) is 12.1 Å². The molecule has 0 saturated heterocycles. The molecule has 122 valence electrons. The number of nitrogens with zero attached hydrogens (tertiary/aromatic N) is 1. The molecule has 0 fully saturated rings. The van der Waals surface area contributed by atoms with Gasteiger partial charge < -0.3 is 10.2 Å². The molecule has 0 aromatic heterocycles. The van der Waals surface area contributed by atoms with Crippen molar-refractivity contribution in [3.8, 4) is 0 Å². The van der Waals surface area contributed by atoms with Crippen molar-refractivity contribution in [2.24, 2.45) is 0 Å². The lowest BCUT2D eigenvalue weighted by atomic mass is 10.1. The van der Waals surface area contributed by atoms with Crippen LogP contribution in [0.1, 0.15) is 17.2 Å². The number of halogens is 2. The highest BCUT2D eigenvalue weighted by atomic mass is 35.5. The second-order valence-corrected chi connectivity index (χ2v) is 6.51. The van der Waals surface area contributed by atoms with Gasteiger partial charge in [0, 0.05) is 16.6 Å². The third-order valence-corrected chi connectivity index (χ3v) is 4.11. The third-order valence-electron chi connectivity index (χ3n) is 3.63. The van der Waals surface area contributed by atoms with E-state index in [1.165, 1.54) is 0 Å². The Kier molecular flexibility index (Phi) is 6.46. The number of nitrogens with one attached hydrogen (secondary N) is 1. The highest BCUT2D eigenvalue weighted by Gasteiger charge is 2.15. The molecule has 1 N–H and O–H groups in total. The van der Waals surface area contributed by atoms with Crippen LogP contribution in [-0.4, -0.2) is 31.4 Å². The maximum Gasteiger partial charge on any atom is 0.224 e. The predicted octanol–water partition coefficient (Wildman–Crippen LogP) is 3.96. The number of carbonyl (C=O) groups excluding carboxylic acids is 1. The molecule has 0 aliphatic heterocycles.